The zero-order valence-corrected chi connectivity index (χ0v) is 21.5. The molecule has 0 aliphatic heterocycles. The van der Waals surface area contributed by atoms with Gasteiger partial charge < -0.3 is 9.30 Å². The van der Waals surface area contributed by atoms with E-state index in [0.717, 1.165) is 33.1 Å². The summed E-state index contributed by atoms with van der Waals surface area (Å²) in [6.07, 6.45) is 2.51. The van der Waals surface area contributed by atoms with Crippen LogP contribution in [0.3, 0.4) is 0 Å². The van der Waals surface area contributed by atoms with E-state index < -0.39 is 6.04 Å². The Morgan fingerprint density at radius 2 is 1.94 bits per heavy atom. The van der Waals surface area contributed by atoms with E-state index >= 15 is 0 Å². The van der Waals surface area contributed by atoms with Gasteiger partial charge in [-0.15, -0.1) is 0 Å². The van der Waals surface area contributed by atoms with Crippen LogP contribution in [0.4, 0.5) is 0 Å². The molecule has 0 N–H and O–H groups in total. The maximum Gasteiger partial charge on any atom is 0.328 e. The molecular formula is C26H27BrN4O3. The molecule has 7 nitrogen and oxygen atoms in total. The highest BCUT2D eigenvalue weighted by atomic mass is 79.9. The SMILES string of the molecule is CC[C@H](C)c1nc2ccc(Br)cc2c(=O)n1N=Cc1c(C)n([C@H](C)C(=O)OC)c2ccccc12. The molecule has 0 saturated heterocycles. The van der Waals surface area contributed by atoms with Crippen molar-refractivity contribution in [1.82, 2.24) is 14.2 Å². The van der Waals surface area contributed by atoms with Gasteiger partial charge in [-0.25, -0.2) is 9.78 Å². The van der Waals surface area contributed by atoms with Crippen LogP contribution in [0.25, 0.3) is 21.8 Å². The number of aromatic nitrogens is 3. The summed E-state index contributed by atoms with van der Waals surface area (Å²) in [4.78, 5) is 30.5. The van der Waals surface area contributed by atoms with Gasteiger partial charge in [0.2, 0.25) is 0 Å². The van der Waals surface area contributed by atoms with Crippen LogP contribution in [0.5, 0.6) is 0 Å². The Labute approximate surface area is 206 Å². The van der Waals surface area contributed by atoms with E-state index in [1.807, 2.05) is 61.7 Å². The number of hydrogen-bond donors (Lipinski definition) is 0. The summed E-state index contributed by atoms with van der Waals surface area (Å²) in [6.45, 7) is 7.84. The van der Waals surface area contributed by atoms with Crippen molar-refractivity contribution in [2.45, 2.75) is 46.1 Å². The zero-order chi connectivity index (χ0) is 24.6. The molecule has 2 aromatic heterocycles. The van der Waals surface area contributed by atoms with Gasteiger partial charge >= 0.3 is 5.97 Å². The highest BCUT2D eigenvalue weighted by Gasteiger charge is 2.22. The van der Waals surface area contributed by atoms with Crippen molar-refractivity contribution in [3.63, 3.8) is 0 Å². The minimum absolute atomic E-state index is 0.0414. The van der Waals surface area contributed by atoms with Crippen LogP contribution >= 0.6 is 15.9 Å². The van der Waals surface area contributed by atoms with Crippen molar-refractivity contribution in [2.75, 3.05) is 7.11 Å². The van der Waals surface area contributed by atoms with E-state index in [2.05, 4.69) is 28.0 Å². The smallest absolute Gasteiger partial charge is 0.328 e. The number of carbonyl (C=O) groups excluding carboxylic acids is 1. The van der Waals surface area contributed by atoms with E-state index in [-0.39, 0.29) is 17.4 Å². The highest BCUT2D eigenvalue weighted by molar-refractivity contribution is 9.10. The number of benzene rings is 2. The van der Waals surface area contributed by atoms with Gasteiger partial charge in [0.05, 0.1) is 24.2 Å². The third-order valence-corrected chi connectivity index (χ3v) is 6.82. The molecule has 34 heavy (non-hydrogen) atoms. The molecule has 176 valence electrons. The van der Waals surface area contributed by atoms with Crippen LogP contribution in [0, 0.1) is 6.92 Å². The number of carbonyl (C=O) groups is 1. The summed E-state index contributed by atoms with van der Waals surface area (Å²) in [5.41, 5.74) is 3.02. The van der Waals surface area contributed by atoms with E-state index in [0.29, 0.717) is 16.7 Å². The molecular weight excluding hydrogens is 496 g/mol. The third-order valence-electron chi connectivity index (χ3n) is 6.32. The van der Waals surface area contributed by atoms with Crippen LogP contribution in [-0.2, 0) is 9.53 Å². The van der Waals surface area contributed by atoms with Gasteiger partial charge in [-0.3, -0.25) is 4.79 Å². The topological polar surface area (TPSA) is 78.5 Å². The number of esters is 1. The number of hydrogen-bond acceptors (Lipinski definition) is 5. The average Bonchev–Trinajstić information content (AvgIpc) is 3.13. The Bertz CT molecular complexity index is 1490. The lowest BCUT2D eigenvalue weighted by Gasteiger charge is -2.15. The second-order valence-electron chi connectivity index (χ2n) is 8.39. The summed E-state index contributed by atoms with van der Waals surface area (Å²) in [5.74, 6) is 0.328. The lowest BCUT2D eigenvalue weighted by Crippen LogP contribution is -2.23. The molecule has 2 heterocycles. The second kappa shape index (κ2) is 9.54. The number of nitrogens with zero attached hydrogens (tertiary/aromatic N) is 4. The summed E-state index contributed by atoms with van der Waals surface area (Å²) in [6, 6.07) is 12.8. The minimum atomic E-state index is -0.505. The Hall–Kier alpha value is -3.26. The number of ether oxygens (including phenoxy) is 1. The Morgan fingerprint density at radius 1 is 1.21 bits per heavy atom. The highest BCUT2D eigenvalue weighted by Crippen LogP contribution is 2.29. The molecule has 0 bridgehead atoms. The normalized spacial score (nSPS) is 13.6. The summed E-state index contributed by atoms with van der Waals surface area (Å²) < 4.78 is 9.13. The fourth-order valence-corrected chi connectivity index (χ4v) is 4.61. The molecule has 0 spiro atoms. The maximum atomic E-state index is 13.5. The van der Waals surface area contributed by atoms with Crippen molar-refractivity contribution >= 4 is 49.9 Å². The van der Waals surface area contributed by atoms with E-state index in [1.54, 1.807) is 12.3 Å². The van der Waals surface area contributed by atoms with Gasteiger partial charge in [-0.05, 0) is 44.5 Å². The first kappa shape index (κ1) is 23.9. The average molecular weight is 523 g/mol. The standard InChI is InChI=1S/C26H27BrN4O3/c1-6-15(2)24-29-22-12-11-18(27)13-20(22)25(32)31(24)28-14-21-16(3)30(17(4)26(33)34-5)23-10-8-7-9-19(21)23/h7-15,17H,6H2,1-5H3/t15-,17+/m0/s1. The van der Waals surface area contributed by atoms with E-state index in [4.69, 9.17) is 9.72 Å². The number of methoxy groups -OCH3 is 1. The van der Waals surface area contributed by atoms with Crippen LogP contribution in [0.15, 0.2) is 56.8 Å². The fraction of sp³-hybridized carbons (Fsp3) is 0.308. The molecule has 8 heteroatoms. The van der Waals surface area contributed by atoms with Crippen molar-refractivity contribution in [2.24, 2.45) is 5.10 Å². The number of halogens is 1. The van der Waals surface area contributed by atoms with Crippen LogP contribution < -0.4 is 5.56 Å². The van der Waals surface area contributed by atoms with Gasteiger partial charge in [0.1, 0.15) is 11.9 Å². The molecule has 2 aromatic carbocycles. The van der Waals surface area contributed by atoms with Gasteiger partial charge in [0.15, 0.2) is 0 Å². The molecule has 0 fully saturated rings. The van der Waals surface area contributed by atoms with Crippen LogP contribution in [0.1, 0.15) is 56.2 Å². The molecule has 0 aliphatic rings. The third kappa shape index (κ3) is 4.07. The van der Waals surface area contributed by atoms with Crippen molar-refractivity contribution < 1.29 is 9.53 Å². The molecule has 0 saturated carbocycles. The predicted molar refractivity (Wildman–Crippen MR) is 139 cm³/mol. The van der Waals surface area contributed by atoms with Gasteiger partial charge in [0.25, 0.3) is 5.56 Å². The first-order valence-electron chi connectivity index (χ1n) is 11.2. The lowest BCUT2D eigenvalue weighted by atomic mass is 10.1. The number of para-hydroxylation sites is 1. The van der Waals surface area contributed by atoms with Crippen molar-refractivity contribution in [3.8, 4) is 0 Å². The first-order valence-corrected chi connectivity index (χ1v) is 12.0. The minimum Gasteiger partial charge on any atom is -0.467 e. The number of rotatable bonds is 6. The first-order chi connectivity index (χ1) is 16.3. The van der Waals surface area contributed by atoms with Crippen LogP contribution in [-0.4, -0.2) is 33.5 Å². The maximum absolute atomic E-state index is 13.5. The summed E-state index contributed by atoms with van der Waals surface area (Å²) in [7, 11) is 1.39. The van der Waals surface area contributed by atoms with E-state index in [1.165, 1.54) is 11.8 Å². The predicted octanol–water partition coefficient (Wildman–Crippen LogP) is 5.55. The van der Waals surface area contributed by atoms with E-state index in [9.17, 15) is 9.59 Å². The second-order valence-corrected chi connectivity index (χ2v) is 9.30. The van der Waals surface area contributed by atoms with Crippen molar-refractivity contribution in [1.29, 1.82) is 0 Å². The molecule has 0 amide bonds. The monoisotopic (exact) mass is 522 g/mol. The van der Waals surface area contributed by atoms with Gasteiger partial charge in [0, 0.05) is 32.6 Å². The molecule has 0 aliphatic carbocycles. The molecule has 0 radical (unpaired) electrons. The van der Waals surface area contributed by atoms with Crippen LogP contribution in [0.2, 0.25) is 0 Å². The Morgan fingerprint density at radius 3 is 2.65 bits per heavy atom. The summed E-state index contributed by atoms with van der Waals surface area (Å²) >= 11 is 3.44. The zero-order valence-electron chi connectivity index (χ0n) is 19.9. The van der Waals surface area contributed by atoms with Gasteiger partial charge in [-0.1, -0.05) is 48.0 Å². The molecule has 4 aromatic rings. The number of fused-ring (bicyclic) bond motifs is 2. The van der Waals surface area contributed by atoms with Gasteiger partial charge in [-0.2, -0.15) is 9.78 Å². The Balaban J connectivity index is 1.94. The quantitative estimate of drug-likeness (QED) is 0.245. The lowest BCUT2D eigenvalue weighted by molar-refractivity contribution is -0.143. The largest absolute Gasteiger partial charge is 0.467 e. The van der Waals surface area contributed by atoms with Crippen molar-refractivity contribution in [3.05, 3.63) is 74.4 Å². The summed E-state index contributed by atoms with van der Waals surface area (Å²) in [5, 5.41) is 6.08. The fourth-order valence-electron chi connectivity index (χ4n) is 4.25. The molecule has 2 atom stereocenters. The molecule has 0 unspecified atom stereocenters. The molecule has 4 rings (SSSR count). The Kier molecular flexibility index (Phi) is 6.70.